The minimum absolute atomic E-state index is 0.302. The number of alkyl halides is 3. The third kappa shape index (κ3) is 4.75. The van der Waals surface area contributed by atoms with E-state index in [1.165, 1.54) is 4.90 Å². The van der Waals surface area contributed by atoms with Crippen molar-refractivity contribution in [3.05, 3.63) is 0 Å². The van der Waals surface area contributed by atoms with Crippen LogP contribution in [0.15, 0.2) is 0 Å². The molecule has 4 nitrogen and oxygen atoms in total. The number of amides is 2. The van der Waals surface area contributed by atoms with Gasteiger partial charge in [0.2, 0.25) is 0 Å². The molecule has 2 amide bonds. The zero-order chi connectivity index (χ0) is 17.1. The average molecular weight is 336 g/mol. The number of urea groups is 1. The highest BCUT2D eigenvalue weighted by molar-refractivity contribution is 5.74. The van der Waals surface area contributed by atoms with Gasteiger partial charge in [0.1, 0.15) is 6.04 Å². The summed E-state index contributed by atoms with van der Waals surface area (Å²) < 4.78 is 45.4. The first kappa shape index (κ1) is 18.4. The normalized spacial score (nSPS) is 28.5. The molecule has 1 heterocycles. The third-order valence-corrected chi connectivity index (χ3v) is 5.33. The van der Waals surface area contributed by atoms with Gasteiger partial charge >= 0.3 is 12.2 Å². The lowest BCUT2D eigenvalue weighted by Crippen LogP contribution is -2.54. The minimum atomic E-state index is -4.39. The van der Waals surface area contributed by atoms with E-state index in [0.29, 0.717) is 32.4 Å². The Balaban J connectivity index is 1.98. The van der Waals surface area contributed by atoms with Gasteiger partial charge in [-0.15, -0.1) is 0 Å². The topological polar surface area (TPSA) is 41.6 Å². The third-order valence-electron chi connectivity index (χ3n) is 5.33. The molecule has 0 aromatic rings. The van der Waals surface area contributed by atoms with Crippen LogP contribution in [0.4, 0.5) is 18.0 Å². The van der Waals surface area contributed by atoms with Crippen LogP contribution in [0.25, 0.3) is 0 Å². The number of hydrogen-bond donors (Lipinski definition) is 1. The second-order valence-corrected chi connectivity index (χ2v) is 7.01. The molecule has 7 heteroatoms. The van der Waals surface area contributed by atoms with E-state index in [-0.39, 0.29) is 5.60 Å². The molecule has 0 aromatic carbocycles. The van der Waals surface area contributed by atoms with E-state index in [4.69, 9.17) is 4.74 Å². The average Bonchev–Trinajstić information content (AvgIpc) is 2.93. The summed E-state index contributed by atoms with van der Waals surface area (Å²) in [4.78, 5) is 13.8. The van der Waals surface area contributed by atoms with Gasteiger partial charge in [0.15, 0.2) is 0 Å². The van der Waals surface area contributed by atoms with Crippen LogP contribution < -0.4 is 5.32 Å². The van der Waals surface area contributed by atoms with Crippen molar-refractivity contribution in [2.75, 3.05) is 20.2 Å². The maximum atomic E-state index is 13.3. The summed E-state index contributed by atoms with van der Waals surface area (Å²) in [7, 11) is 1.63. The van der Waals surface area contributed by atoms with Gasteiger partial charge in [0.05, 0.1) is 5.60 Å². The van der Waals surface area contributed by atoms with Crippen LogP contribution in [0.1, 0.15) is 51.9 Å². The summed E-state index contributed by atoms with van der Waals surface area (Å²) in [6.45, 7) is 2.87. The summed E-state index contributed by atoms with van der Waals surface area (Å²) >= 11 is 0. The molecule has 2 atom stereocenters. The number of ether oxygens (including phenoxy) is 1. The number of halogens is 3. The van der Waals surface area contributed by atoms with Crippen molar-refractivity contribution in [1.82, 2.24) is 10.2 Å². The molecule has 134 valence electrons. The molecule has 1 N–H and O–H groups in total. The largest absolute Gasteiger partial charge is 0.408 e. The van der Waals surface area contributed by atoms with Gasteiger partial charge in [0, 0.05) is 20.2 Å². The first-order valence-corrected chi connectivity index (χ1v) is 8.42. The number of nitrogens with one attached hydrogen (secondary N) is 1. The van der Waals surface area contributed by atoms with E-state index in [1.54, 1.807) is 7.11 Å². The van der Waals surface area contributed by atoms with Crippen molar-refractivity contribution in [2.45, 2.75) is 69.7 Å². The molecule has 2 fully saturated rings. The molecular formula is C16H27F3N2O2. The van der Waals surface area contributed by atoms with E-state index >= 15 is 0 Å². The van der Waals surface area contributed by atoms with Crippen LogP contribution >= 0.6 is 0 Å². The molecule has 1 aliphatic heterocycles. The number of methoxy groups -OCH3 is 1. The van der Waals surface area contributed by atoms with Crippen molar-refractivity contribution in [2.24, 2.45) is 5.92 Å². The molecule has 0 aromatic heterocycles. The highest BCUT2D eigenvalue weighted by Crippen LogP contribution is 2.36. The molecule has 1 aliphatic carbocycles. The van der Waals surface area contributed by atoms with Crippen LogP contribution in [-0.4, -0.2) is 48.9 Å². The molecule has 23 heavy (non-hydrogen) atoms. The highest BCUT2D eigenvalue weighted by Gasteiger charge is 2.46. The van der Waals surface area contributed by atoms with Crippen LogP contribution in [-0.2, 0) is 4.74 Å². The van der Waals surface area contributed by atoms with Crippen molar-refractivity contribution in [3.8, 4) is 0 Å². The van der Waals surface area contributed by atoms with E-state index in [1.807, 2.05) is 6.92 Å². The predicted molar refractivity (Wildman–Crippen MR) is 81.2 cm³/mol. The smallest absolute Gasteiger partial charge is 0.378 e. The zero-order valence-electron chi connectivity index (χ0n) is 13.9. The minimum Gasteiger partial charge on any atom is -0.378 e. The zero-order valence-corrected chi connectivity index (χ0v) is 13.9. The highest BCUT2D eigenvalue weighted by atomic mass is 19.4. The van der Waals surface area contributed by atoms with Gasteiger partial charge in [-0.05, 0) is 44.9 Å². The number of carbonyl (C=O) groups excluding carboxylic acids is 1. The van der Waals surface area contributed by atoms with E-state index in [9.17, 15) is 18.0 Å². The first-order valence-electron chi connectivity index (χ1n) is 8.42. The standard InChI is InChI=1S/C16H27F3N2O2/c1-15(23-2)8-5-10-21(11-9-15)14(22)20-13(16(17,18)19)12-6-3-4-7-12/h12-13H,3-11H2,1-2H3,(H,20,22)/t13-,15-/m0/s1. The van der Waals surface area contributed by atoms with Crippen LogP contribution in [0, 0.1) is 5.92 Å². The van der Waals surface area contributed by atoms with Crippen LogP contribution in [0.2, 0.25) is 0 Å². The van der Waals surface area contributed by atoms with Gasteiger partial charge in [-0.1, -0.05) is 12.8 Å². The quantitative estimate of drug-likeness (QED) is 0.854. The molecular weight excluding hydrogens is 309 g/mol. The van der Waals surface area contributed by atoms with Gasteiger partial charge in [0.25, 0.3) is 0 Å². The Kier molecular flexibility index (Phi) is 5.81. The number of nitrogens with zero attached hydrogens (tertiary/aromatic N) is 1. The van der Waals surface area contributed by atoms with Crippen molar-refractivity contribution in [3.63, 3.8) is 0 Å². The maximum absolute atomic E-state index is 13.3. The van der Waals surface area contributed by atoms with Crippen LogP contribution in [0.5, 0.6) is 0 Å². The summed E-state index contributed by atoms with van der Waals surface area (Å²) in [6.07, 6.45) is 0.468. The van der Waals surface area contributed by atoms with Crippen molar-refractivity contribution in [1.29, 1.82) is 0 Å². The number of likely N-dealkylation sites (tertiary alicyclic amines) is 1. The second-order valence-electron chi connectivity index (χ2n) is 7.01. The molecule has 0 unspecified atom stereocenters. The van der Waals surface area contributed by atoms with Crippen molar-refractivity contribution < 1.29 is 22.7 Å². The lowest BCUT2D eigenvalue weighted by atomic mass is 9.97. The van der Waals surface area contributed by atoms with Gasteiger partial charge in [-0.2, -0.15) is 13.2 Å². The Morgan fingerprint density at radius 3 is 2.43 bits per heavy atom. The number of rotatable bonds is 3. The SMILES string of the molecule is CO[C@@]1(C)CCCN(C(=O)N[C@@H](C2CCCC2)C(F)(F)F)CC1. The summed E-state index contributed by atoms with van der Waals surface area (Å²) in [5, 5.41) is 2.26. The Hall–Kier alpha value is -0.980. The number of hydrogen-bond acceptors (Lipinski definition) is 2. The van der Waals surface area contributed by atoms with E-state index < -0.39 is 24.2 Å². The van der Waals surface area contributed by atoms with E-state index in [2.05, 4.69) is 5.32 Å². The molecule has 1 saturated heterocycles. The molecule has 0 bridgehead atoms. The predicted octanol–water partition coefficient (Wildman–Crippen LogP) is 3.71. The Bertz CT molecular complexity index is 411. The van der Waals surface area contributed by atoms with Gasteiger partial charge in [-0.25, -0.2) is 4.79 Å². The Morgan fingerprint density at radius 1 is 1.22 bits per heavy atom. The Labute approximate surface area is 135 Å². The van der Waals surface area contributed by atoms with Gasteiger partial charge < -0.3 is 15.0 Å². The van der Waals surface area contributed by atoms with Gasteiger partial charge in [-0.3, -0.25) is 0 Å². The Morgan fingerprint density at radius 2 is 1.87 bits per heavy atom. The fourth-order valence-corrected chi connectivity index (χ4v) is 3.64. The fourth-order valence-electron chi connectivity index (χ4n) is 3.64. The summed E-state index contributed by atoms with van der Waals surface area (Å²) in [5.74, 6) is -0.491. The fraction of sp³-hybridized carbons (Fsp3) is 0.938. The maximum Gasteiger partial charge on any atom is 0.408 e. The number of carbonyl (C=O) groups is 1. The summed E-state index contributed by atoms with van der Waals surface area (Å²) in [6, 6.07) is -2.32. The monoisotopic (exact) mass is 336 g/mol. The summed E-state index contributed by atoms with van der Waals surface area (Å²) in [5.41, 5.74) is -0.302. The second kappa shape index (κ2) is 7.28. The lowest BCUT2D eigenvalue weighted by Gasteiger charge is -2.30. The molecule has 0 spiro atoms. The first-order chi connectivity index (χ1) is 10.7. The molecule has 2 rings (SSSR count). The molecule has 1 saturated carbocycles. The van der Waals surface area contributed by atoms with Crippen molar-refractivity contribution >= 4 is 6.03 Å². The lowest BCUT2D eigenvalue weighted by molar-refractivity contribution is -0.165. The molecule has 0 radical (unpaired) electrons. The molecule has 2 aliphatic rings. The van der Waals surface area contributed by atoms with E-state index in [0.717, 1.165) is 25.7 Å². The van der Waals surface area contributed by atoms with Crippen LogP contribution in [0.3, 0.4) is 0 Å².